The molecule has 0 atom stereocenters. The Hall–Kier alpha value is -3.84. The fourth-order valence-corrected chi connectivity index (χ4v) is 13.3. The molecular formula is C76H114O. The molecule has 0 bridgehead atoms. The third-order valence-corrected chi connectivity index (χ3v) is 17.8. The first-order chi connectivity index (χ1) is 38.2. The maximum absolute atomic E-state index is 7.70. The summed E-state index contributed by atoms with van der Waals surface area (Å²) in [7, 11) is 0. The molecule has 0 heterocycles. The highest BCUT2D eigenvalue weighted by Crippen LogP contribution is 2.45. The highest BCUT2D eigenvalue weighted by molar-refractivity contribution is 6.10. The van der Waals surface area contributed by atoms with Crippen LogP contribution in [0.15, 0.2) is 84.9 Å². The van der Waals surface area contributed by atoms with Gasteiger partial charge in [0, 0.05) is 10.8 Å². The summed E-state index contributed by atoms with van der Waals surface area (Å²) in [6, 6.07) is 33.2. The molecule has 0 amide bonds. The maximum Gasteiger partial charge on any atom is 0.135 e. The van der Waals surface area contributed by atoms with E-state index in [0.29, 0.717) is 0 Å². The van der Waals surface area contributed by atoms with Crippen LogP contribution in [0, 0.1) is 0 Å². The van der Waals surface area contributed by atoms with Gasteiger partial charge in [0.2, 0.25) is 0 Å². The quantitative estimate of drug-likeness (QED) is 0.0273. The van der Waals surface area contributed by atoms with Crippen LogP contribution < -0.4 is 4.74 Å². The van der Waals surface area contributed by atoms with E-state index in [-0.39, 0.29) is 0 Å². The monoisotopic (exact) mass is 1040 g/mol. The number of fused-ring (bicyclic) bond motifs is 4. The van der Waals surface area contributed by atoms with Gasteiger partial charge in [-0.05, 0) is 118 Å². The van der Waals surface area contributed by atoms with Crippen molar-refractivity contribution in [1.82, 2.24) is 0 Å². The largest absolute Gasteiger partial charge is 0.456 e. The minimum absolute atomic E-state index is 1.06. The van der Waals surface area contributed by atoms with Crippen LogP contribution in [0.4, 0.5) is 0 Å². The summed E-state index contributed by atoms with van der Waals surface area (Å²) in [5, 5.41) is 11.5. The van der Waals surface area contributed by atoms with E-state index in [0.717, 1.165) is 37.2 Å². The molecule has 0 aliphatic rings. The van der Waals surface area contributed by atoms with Crippen LogP contribution in [0.5, 0.6) is 11.5 Å². The first kappa shape index (κ1) is 62.4. The normalized spacial score (nSPS) is 11.8. The second-order valence-electron chi connectivity index (χ2n) is 24.2. The van der Waals surface area contributed by atoms with Gasteiger partial charge in [0.25, 0.3) is 0 Å². The molecule has 0 spiro atoms. The van der Waals surface area contributed by atoms with Crippen LogP contribution in [-0.4, -0.2) is 0 Å². The van der Waals surface area contributed by atoms with Crippen molar-refractivity contribution in [3.8, 4) is 11.5 Å². The molecule has 0 saturated carbocycles. The molecule has 6 rings (SSSR count). The number of aryl methyl sites for hydroxylation is 4. The lowest BCUT2D eigenvalue weighted by Gasteiger charge is -2.22. The van der Waals surface area contributed by atoms with Crippen molar-refractivity contribution in [1.29, 1.82) is 0 Å². The molecular weight excluding hydrogens is 929 g/mol. The lowest BCUT2D eigenvalue weighted by molar-refractivity contribution is 0.493. The molecule has 0 fully saturated rings. The van der Waals surface area contributed by atoms with E-state index in [1.807, 2.05) is 0 Å². The average Bonchev–Trinajstić information content (AvgIpc) is 3.49. The lowest BCUT2D eigenvalue weighted by Crippen LogP contribution is -2.01. The molecule has 0 aliphatic heterocycles. The van der Waals surface area contributed by atoms with Gasteiger partial charge in [-0.25, -0.2) is 0 Å². The van der Waals surface area contributed by atoms with E-state index in [4.69, 9.17) is 4.74 Å². The summed E-state index contributed by atoms with van der Waals surface area (Å²) in [4.78, 5) is 0. The zero-order valence-electron chi connectivity index (χ0n) is 50.6. The summed E-state index contributed by atoms with van der Waals surface area (Å²) >= 11 is 0. The van der Waals surface area contributed by atoms with Crippen LogP contribution in [0.3, 0.4) is 0 Å². The number of rotatable bonds is 46. The van der Waals surface area contributed by atoms with Crippen LogP contribution in [0.25, 0.3) is 43.1 Å². The van der Waals surface area contributed by atoms with E-state index in [9.17, 15) is 0 Å². The second kappa shape index (κ2) is 38.7. The van der Waals surface area contributed by atoms with Crippen molar-refractivity contribution < 1.29 is 4.74 Å². The predicted octanol–water partition coefficient (Wildman–Crippen LogP) is 25.9. The zero-order valence-corrected chi connectivity index (χ0v) is 50.6. The van der Waals surface area contributed by atoms with Crippen molar-refractivity contribution in [2.45, 2.75) is 310 Å². The minimum atomic E-state index is 1.06. The number of unbranched alkanes of at least 4 members (excludes halogenated alkanes) is 36. The summed E-state index contributed by atoms with van der Waals surface area (Å²) in [5.41, 5.74) is 6.10. The van der Waals surface area contributed by atoms with Crippen molar-refractivity contribution in [2.75, 3.05) is 0 Å². The van der Waals surface area contributed by atoms with Gasteiger partial charge in [-0.1, -0.05) is 332 Å². The standard InChI is InChI=1S/C76H114O/c1-5-9-13-17-21-25-29-33-37-41-51-65-63-53-45-47-55-67(63)69(57-43-39-35-31-27-23-19-15-11-7-3)75-71(65)59-49-61-73(75)77-74-62-50-60-72-66(52-42-38-34-30-26-22-18-14-10-6-2)64-54-46-48-56-68(64)70(76(72)74)58-44-40-36-32-28-24-20-16-12-8-4/h45-50,53-56,59-62H,5-44,51-52,57-58H2,1-4H3. The SMILES string of the molecule is CCCCCCCCCCCCc1c2ccccc2c(CCCCCCCCCCCC)c2c(Oc3cccc4c(CCCCCCCCCCCC)c5ccccc5c(CCCCCCCCCCCC)c34)cccc12. The molecule has 6 aromatic rings. The first-order valence-electron chi connectivity index (χ1n) is 33.8. The van der Waals surface area contributed by atoms with Gasteiger partial charge in [-0.3, -0.25) is 0 Å². The Morgan fingerprint density at radius 1 is 0.208 bits per heavy atom. The highest BCUT2D eigenvalue weighted by Gasteiger charge is 2.21. The fraction of sp³-hybridized carbons (Fsp3) is 0.632. The smallest absolute Gasteiger partial charge is 0.135 e. The van der Waals surface area contributed by atoms with E-state index in [1.54, 1.807) is 0 Å². The molecule has 1 heteroatoms. The molecule has 0 saturated heterocycles. The van der Waals surface area contributed by atoms with Gasteiger partial charge in [-0.15, -0.1) is 0 Å². The number of benzene rings is 6. The van der Waals surface area contributed by atoms with Crippen molar-refractivity contribution in [2.24, 2.45) is 0 Å². The van der Waals surface area contributed by atoms with Gasteiger partial charge in [0.05, 0.1) is 0 Å². The highest BCUT2D eigenvalue weighted by atomic mass is 16.5. The first-order valence-corrected chi connectivity index (χ1v) is 33.8. The Labute approximate surface area is 474 Å². The van der Waals surface area contributed by atoms with E-state index in [2.05, 4.69) is 113 Å². The summed E-state index contributed by atoms with van der Waals surface area (Å²) in [5.74, 6) is 2.11. The maximum atomic E-state index is 7.70. The average molecular weight is 1040 g/mol. The van der Waals surface area contributed by atoms with Crippen LogP contribution in [0.2, 0.25) is 0 Å². The van der Waals surface area contributed by atoms with E-state index < -0.39 is 0 Å². The third-order valence-electron chi connectivity index (χ3n) is 17.8. The van der Waals surface area contributed by atoms with Gasteiger partial charge in [0.15, 0.2) is 0 Å². The topological polar surface area (TPSA) is 9.23 Å². The third kappa shape index (κ3) is 21.0. The van der Waals surface area contributed by atoms with Gasteiger partial charge in [0.1, 0.15) is 11.5 Å². The molecule has 77 heavy (non-hydrogen) atoms. The second-order valence-corrected chi connectivity index (χ2v) is 24.2. The Morgan fingerprint density at radius 2 is 0.416 bits per heavy atom. The number of hydrogen-bond acceptors (Lipinski definition) is 1. The van der Waals surface area contributed by atoms with Crippen molar-refractivity contribution in [3.05, 3.63) is 107 Å². The fourth-order valence-electron chi connectivity index (χ4n) is 13.3. The molecule has 0 aromatic heterocycles. The Morgan fingerprint density at radius 3 is 0.675 bits per heavy atom. The molecule has 1 nitrogen and oxygen atoms in total. The molecule has 0 N–H and O–H groups in total. The Balaban J connectivity index is 1.32. The minimum Gasteiger partial charge on any atom is -0.456 e. The van der Waals surface area contributed by atoms with Crippen molar-refractivity contribution >= 4 is 43.1 Å². The molecule has 6 aromatic carbocycles. The summed E-state index contributed by atoms with van der Waals surface area (Å²) in [6.07, 6.45) is 58.9. The molecule has 0 unspecified atom stereocenters. The Kier molecular flexibility index (Phi) is 31.3. The molecule has 424 valence electrons. The van der Waals surface area contributed by atoms with Crippen molar-refractivity contribution in [3.63, 3.8) is 0 Å². The van der Waals surface area contributed by atoms with Crippen LogP contribution >= 0.6 is 0 Å². The van der Waals surface area contributed by atoms with E-state index in [1.165, 1.54) is 322 Å². The number of ether oxygens (including phenoxy) is 1. The van der Waals surface area contributed by atoms with Gasteiger partial charge in [-0.2, -0.15) is 0 Å². The number of hydrogen-bond donors (Lipinski definition) is 0. The van der Waals surface area contributed by atoms with Crippen LogP contribution in [-0.2, 0) is 25.7 Å². The Bertz CT molecular complexity index is 2320. The van der Waals surface area contributed by atoms with Gasteiger partial charge >= 0.3 is 0 Å². The molecule has 0 radical (unpaired) electrons. The lowest BCUT2D eigenvalue weighted by atomic mass is 9.86. The summed E-state index contributed by atoms with van der Waals surface area (Å²) < 4.78 is 7.70. The predicted molar refractivity (Wildman–Crippen MR) is 345 cm³/mol. The van der Waals surface area contributed by atoms with E-state index >= 15 is 0 Å². The molecule has 0 aliphatic carbocycles. The summed E-state index contributed by atoms with van der Waals surface area (Å²) in [6.45, 7) is 9.29. The van der Waals surface area contributed by atoms with Crippen LogP contribution in [0.1, 0.15) is 307 Å². The zero-order chi connectivity index (χ0) is 53.8. The van der Waals surface area contributed by atoms with Gasteiger partial charge < -0.3 is 4.74 Å².